The van der Waals surface area contributed by atoms with Gasteiger partial charge in [0.25, 0.3) is 5.91 Å². The molecule has 1 aliphatic carbocycles. The van der Waals surface area contributed by atoms with E-state index in [0.29, 0.717) is 24.3 Å². The van der Waals surface area contributed by atoms with Crippen LogP contribution in [0, 0.1) is 17.5 Å². The van der Waals surface area contributed by atoms with E-state index in [-0.39, 0.29) is 18.5 Å². The summed E-state index contributed by atoms with van der Waals surface area (Å²) in [6.07, 6.45) is -5.38. The summed E-state index contributed by atoms with van der Waals surface area (Å²) in [7, 11) is -4.77. The summed E-state index contributed by atoms with van der Waals surface area (Å²) >= 11 is 0. The number of carbonyl (C=O) groups excluding carboxylic acids is 1. The fraction of sp³-hybridized carbons (Fsp3) is 0.316. The van der Waals surface area contributed by atoms with Crippen molar-refractivity contribution >= 4 is 21.6 Å². The molecule has 0 bridgehead atoms. The van der Waals surface area contributed by atoms with Crippen LogP contribution in [0.2, 0.25) is 0 Å². The van der Waals surface area contributed by atoms with Gasteiger partial charge in [-0.3, -0.25) is 4.79 Å². The molecule has 0 spiro atoms. The minimum Gasteiger partial charge on any atom is -0.322 e. The zero-order chi connectivity index (χ0) is 23.0. The number of halogens is 6. The van der Waals surface area contributed by atoms with Crippen molar-refractivity contribution in [3.8, 4) is 0 Å². The number of benzene rings is 2. The number of anilines is 1. The van der Waals surface area contributed by atoms with Crippen LogP contribution in [0.5, 0.6) is 0 Å². The van der Waals surface area contributed by atoms with Crippen LogP contribution in [-0.2, 0) is 10.0 Å². The van der Waals surface area contributed by atoms with Gasteiger partial charge >= 0.3 is 6.18 Å². The lowest BCUT2D eigenvalue weighted by molar-refractivity contribution is -0.188. The van der Waals surface area contributed by atoms with Gasteiger partial charge in [-0.15, -0.1) is 0 Å². The molecule has 1 aliphatic rings. The molecule has 0 aliphatic heterocycles. The van der Waals surface area contributed by atoms with Gasteiger partial charge in [0.15, 0.2) is 11.6 Å². The molecule has 0 atom stereocenters. The van der Waals surface area contributed by atoms with Gasteiger partial charge in [-0.2, -0.15) is 17.9 Å². The second-order valence-electron chi connectivity index (χ2n) is 7.12. The number of rotatable bonds is 5. The van der Waals surface area contributed by atoms with Crippen molar-refractivity contribution in [1.29, 1.82) is 0 Å². The SMILES string of the molecule is O=C(Nc1ccc(F)c(F)c1)c1cc(S(=O)(=O)NC2(C(F)(F)F)CCCC2)ccc1F. The van der Waals surface area contributed by atoms with E-state index in [4.69, 9.17) is 0 Å². The summed E-state index contributed by atoms with van der Waals surface area (Å²) in [6.45, 7) is 0. The molecule has 3 rings (SSSR count). The highest BCUT2D eigenvalue weighted by Gasteiger charge is 2.57. The molecule has 2 N–H and O–H groups in total. The fourth-order valence-electron chi connectivity index (χ4n) is 3.36. The maximum absolute atomic E-state index is 14.1. The Morgan fingerprint density at radius 3 is 2.10 bits per heavy atom. The van der Waals surface area contributed by atoms with Gasteiger partial charge in [0.1, 0.15) is 11.4 Å². The fourth-order valence-corrected chi connectivity index (χ4v) is 4.83. The summed E-state index contributed by atoms with van der Waals surface area (Å²) < 4.78 is 108. The molecule has 2 aromatic carbocycles. The summed E-state index contributed by atoms with van der Waals surface area (Å²) in [5.74, 6) is -4.83. The van der Waals surface area contributed by atoms with Crippen molar-refractivity contribution in [2.24, 2.45) is 0 Å². The van der Waals surface area contributed by atoms with Gasteiger partial charge in [-0.1, -0.05) is 12.8 Å². The lowest BCUT2D eigenvalue weighted by Gasteiger charge is -2.32. The van der Waals surface area contributed by atoms with Crippen molar-refractivity contribution < 1.29 is 39.6 Å². The quantitative estimate of drug-likeness (QED) is 0.637. The molecule has 1 saturated carbocycles. The molecule has 1 fully saturated rings. The van der Waals surface area contributed by atoms with E-state index in [9.17, 15) is 39.6 Å². The van der Waals surface area contributed by atoms with Crippen molar-refractivity contribution in [2.75, 3.05) is 5.32 Å². The zero-order valence-corrected chi connectivity index (χ0v) is 16.5. The van der Waals surface area contributed by atoms with E-state index in [0.717, 1.165) is 12.1 Å². The number of hydrogen-bond donors (Lipinski definition) is 2. The summed E-state index contributed by atoms with van der Waals surface area (Å²) in [6, 6.07) is 4.24. The average molecular weight is 466 g/mol. The molecule has 0 unspecified atom stereocenters. The first-order valence-corrected chi connectivity index (χ1v) is 10.5. The first kappa shape index (κ1) is 23.1. The Bertz CT molecular complexity index is 1110. The summed E-state index contributed by atoms with van der Waals surface area (Å²) in [5, 5.41) is 2.07. The molecule has 0 aromatic heterocycles. The van der Waals surface area contributed by atoms with Crippen LogP contribution < -0.4 is 10.0 Å². The van der Waals surface area contributed by atoms with E-state index in [1.807, 2.05) is 0 Å². The predicted octanol–water partition coefficient (Wildman–Crippen LogP) is 4.51. The van der Waals surface area contributed by atoms with Crippen LogP contribution in [-0.4, -0.2) is 26.0 Å². The molecule has 12 heteroatoms. The van der Waals surface area contributed by atoms with E-state index >= 15 is 0 Å². The van der Waals surface area contributed by atoms with E-state index < -0.39 is 68.4 Å². The minimum atomic E-state index is -4.84. The van der Waals surface area contributed by atoms with E-state index in [1.165, 1.54) is 0 Å². The normalized spacial score (nSPS) is 16.3. The smallest absolute Gasteiger partial charge is 0.322 e. The lowest BCUT2D eigenvalue weighted by Crippen LogP contribution is -2.56. The molecule has 0 saturated heterocycles. The van der Waals surface area contributed by atoms with Crippen LogP contribution in [0.15, 0.2) is 41.3 Å². The molecular formula is C19H16F6N2O3S. The van der Waals surface area contributed by atoms with Gasteiger partial charge in [0, 0.05) is 11.8 Å². The van der Waals surface area contributed by atoms with Gasteiger partial charge in [-0.05, 0) is 43.2 Å². The second-order valence-corrected chi connectivity index (χ2v) is 8.80. The Hall–Kier alpha value is -2.60. The van der Waals surface area contributed by atoms with Crippen LogP contribution in [0.3, 0.4) is 0 Å². The Balaban J connectivity index is 1.90. The number of amides is 1. The van der Waals surface area contributed by atoms with Crippen molar-refractivity contribution in [2.45, 2.75) is 42.3 Å². The number of carbonyl (C=O) groups is 1. The predicted molar refractivity (Wildman–Crippen MR) is 98.3 cm³/mol. The average Bonchev–Trinajstić information content (AvgIpc) is 3.14. The number of alkyl halides is 3. The minimum absolute atomic E-state index is 0.174. The van der Waals surface area contributed by atoms with Crippen LogP contribution >= 0.6 is 0 Å². The van der Waals surface area contributed by atoms with Crippen molar-refractivity contribution in [3.63, 3.8) is 0 Å². The molecule has 2 aromatic rings. The van der Waals surface area contributed by atoms with Gasteiger partial charge < -0.3 is 5.32 Å². The molecule has 0 heterocycles. The zero-order valence-electron chi connectivity index (χ0n) is 15.7. The van der Waals surface area contributed by atoms with E-state index in [2.05, 4.69) is 5.32 Å². The largest absolute Gasteiger partial charge is 0.407 e. The molecule has 31 heavy (non-hydrogen) atoms. The number of sulfonamides is 1. The Morgan fingerprint density at radius 2 is 1.52 bits per heavy atom. The molecule has 1 amide bonds. The van der Waals surface area contributed by atoms with Crippen LogP contribution in [0.4, 0.5) is 32.0 Å². The maximum atomic E-state index is 14.1. The van der Waals surface area contributed by atoms with Gasteiger partial charge in [-0.25, -0.2) is 21.6 Å². The molecule has 0 radical (unpaired) electrons. The Morgan fingerprint density at radius 1 is 0.903 bits per heavy atom. The topological polar surface area (TPSA) is 75.3 Å². The highest BCUT2D eigenvalue weighted by Crippen LogP contribution is 2.43. The lowest BCUT2D eigenvalue weighted by atomic mass is 9.99. The second kappa shape index (κ2) is 8.15. The Kier molecular flexibility index (Phi) is 6.07. The third-order valence-corrected chi connectivity index (χ3v) is 6.53. The summed E-state index contributed by atoms with van der Waals surface area (Å²) in [4.78, 5) is 11.6. The monoisotopic (exact) mass is 466 g/mol. The molecule has 168 valence electrons. The summed E-state index contributed by atoms with van der Waals surface area (Å²) in [5.41, 5.74) is -3.69. The van der Waals surface area contributed by atoms with Crippen LogP contribution in [0.1, 0.15) is 36.0 Å². The van der Waals surface area contributed by atoms with Crippen molar-refractivity contribution in [3.05, 3.63) is 59.4 Å². The van der Waals surface area contributed by atoms with E-state index in [1.54, 1.807) is 4.72 Å². The first-order valence-electron chi connectivity index (χ1n) is 9.01. The Labute approximate surface area is 173 Å². The highest BCUT2D eigenvalue weighted by molar-refractivity contribution is 7.89. The van der Waals surface area contributed by atoms with Gasteiger partial charge in [0.2, 0.25) is 10.0 Å². The van der Waals surface area contributed by atoms with Crippen LogP contribution in [0.25, 0.3) is 0 Å². The number of nitrogens with one attached hydrogen (secondary N) is 2. The number of hydrogen-bond acceptors (Lipinski definition) is 3. The van der Waals surface area contributed by atoms with Gasteiger partial charge in [0.05, 0.1) is 10.5 Å². The first-order chi connectivity index (χ1) is 14.3. The maximum Gasteiger partial charge on any atom is 0.407 e. The third kappa shape index (κ3) is 4.69. The molecule has 5 nitrogen and oxygen atoms in total. The standard InChI is InChI=1S/C19H16F6N2O3S/c20-14-6-4-12(31(29,30)27-18(19(23,24)25)7-1-2-8-18)10-13(14)17(28)26-11-3-5-15(21)16(22)9-11/h3-6,9-10,27H,1-2,7-8H2,(H,26,28). The third-order valence-electron chi connectivity index (χ3n) is 5.00. The highest BCUT2D eigenvalue weighted by atomic mass is 32.2. The molecular weight excluding hydrogens is 450 g/mol. The van der Waals surface area contributed by atoms with Crippen molar-refractivity contribution in [1.82, 2.24) is 4.72 Å².